The van der Waals surface area contributed by atoms with E-state index in [1.807, 2.05) is 6.92 Å². The molecule has 0 bridgehead atoms. The first-order chi connectivity index (χ1) is 9.02. The van der Waals surface area contributed by atoms with Crippen molar-refractivity contribution in [2.24, 2.45) is 5.73 Å². The van der Waals surface area contributed by atoms with Gasteiger partial charge in [-0.2, -0.15) is 0 Å². The lowest BCUT2D eigenvalue weighted by Gasteiger charge is -2.15. The molecule has 2 rings (SSSR count). The quantitative estimate of drug-likeness (QED) is 0.926. The summed E-state index contributed by atoms with van der Waals surface area (Å²) < 4.78 is 18.9. The Morgan fingerprint density at radius 2 is 1.95 bits per heavy atom. The summed E-state index contributed by atoms with van der Waals surface area (Å²) in [6, 6.07) is 9.55. The maximum Gasteiger partial charge on any atom is 0.137 e. The van der Waals surface area contributed by atoms with E-state index in [0.29, 0.717) is 16.3 Å². The molecular weight excluding hydrogens is 265 g/mol. The lowest BCUT2D eigenvalue weighted by molar-refractivity contribution is 0.415. The second-order valence-electron chi connectivity index (χ2n) is 4.40. The third-order valence-electron chi connectivity index (χ3n) is 3.02. The van der Waals surface area contributed by atoms with Crippen LogP contribution in [0.1, 0.15) is 22.7 Å². The van der Waals surface area contributed by atoms with E-state index in [-0.39, 0.29) is 5.82 Å². The van der Waals surface area contributed by atoms with Crippen molar-refractivity contribution >= 4 is 11.6 Å². The summed E-state index contributed by atoms with van der Waals surface area (Å²) in [6.45, 7) is 1.90. The molecule has 2 N–H and O–H groups in total. The number of aryl methyl sites for hydroxylation is 1. The number of benzene rings is 2. The van der Waals surface area contributed by atoms with Crippen LogP contribution < -0.4 is 10.5 Å². The second kappa shape index (κ2) is 5.59. The summed E-state index contributed by atoms with van der Waals surface area (Å²) >= 11 is 6.06. The zero-order valence-electron chi connectivity index (χ0n) is 10.8. The van der Waals surface area contributed by atoms with Crippen LogP contribution in [0.2, 0.25) is 5.02 Å². The molecule has 0 fully saturated rings. The van der Waals surface area contributed by atoms with Gasteiger partial charge in [-0.25, -0.2) is 4.39 Å². The van der Waals surface area contributed by atoms with Gasteiger partial charge in [0, 0.05) is 5.56 Å². The maximum atomic E-state index is 13.8. The van der Waals surface area contributed by atoms with Crippen molar-refractivity contribution in [3.63, 3.8) is 0 Å². The minimum absolute atomic E-state index is 0.315. The van der Waals surface area contributed by atoms with E-state index in [2.05, 4.69) is 0 Å². The highest BCUT2D eigenvalue weighted by Crippen LogP contribution is 2.30. The van der Waals surface area contributed by atoms with Crippen molar-refractivity contribution in [2.75, 3.05) is 7.11 Å². The van der Waals surface area contributed by atoms with E-state index in [4.69, 9.17) is 22.1 Å². The molecular formula is C15H15ClFNO. The van der Waals surface area contributed by atoms with Gasteiger partial charge in [0.25, 0.3) is 0 Å². The first-order valence-corrected chi connectivity index (χ1v) is 6.26. The van der Waals surface area contributed by atoms with E-state index in [9.17, 15) is 4.39 Å². The summed E-state index contributed by atoms with van der Waals surface area (Å²) in [5.74, 6) is 0.257. The van der Waals surface area contributed by atoms with Gasteiger partial charge in [-0.3, -0.25) is 0 Å². The van der Waals surface area contributed by atoms with Gasteiger partial charge in [-0.05, 0) is 30.7 Å². The highest BCUT2D eigenvalue weighted by molar-refractivity contribution is 6.32. The zero-order valence-corrected chi connectivity index (χ0v) is 11.5. The summed E-state index contributed by atoms with van der Waals surface area (Å²) in [5.41, 5.74) is 8.28. The summed E-state index contributed by atoms with van der Waals surface area (Å²) in [4.78, 5) is 0. The Kier molecular flexibility index (Phi) is 4.08. The predicted octanol–water partition coefficient (Wildman–Crippen LogP) is 3.84. The molecule has 0 aromatic heterocycles. The molecule has 0 amide bonds. The van der Waals surface area contributed by atoms with Crippen molar-refractivity contribution in [3.8, 4) is 5.75 Å². The monoisotopic (exact) mass is 279 g/mol. The smallest absolute Gasteiger partial charge is 0.137 e. The number of halogens is 2. The molecule has 0 aliphatic rings. The predicted molar refractivity (Wildman–Crippen MR) is 75.2 cm³/mol. The molecule has 0 aliphatic carbocycles. The topological polar surface area (TPSA) is 35.2 Å². The highest BCUT2D eigenvalue weighted by atomic mass is 35.5. The number of rotatable bonds is 3. The minimum atomic E-state index is -0.552. The number of ether oxygens (including phenoxy) is 1. The third-order valence-corrected chi connectivity index (χ3v) is 3.32. The number of methoxy groups -OCH3 is 1. The van der Waals surface area contributed by atoms with E-state index in [1.165, 1.54) is 6.07 Å². The van der Waals surface area contributed by atoms with Gasteiger partial charge in [0.05, 0.1) is 18.2 Å². The lowest BCUT2D eigenvalue weighted by atomic mass is 9.97. The molecule has 0 saturated heterocycles. The highest BCUT2D eigenvalue weighted by Gasteiger charge is 2.15. The van der Waals surface area contributed by atoms with Crippen molar-refractivity contribution in [1.29, 1.82) is 0 Å². The maximum absolute atomic E-state index is 13.8. The van der Waals surface area contributed by atoms with E-state index in [0.717, 1.165) is 11.1 Å². The van der Waals surface area contributed by atoms with Crippen molar-refractivity contribution in [2.45, 2.75) is 13.0 Å². The van der Waals surface area contributed by atoms with Crippen LogP contribution in [0.25, 0.3) is 0 Å². The fraction of sp³-hybridized carbons (Fsp3) is 0.200. The summed E-state index contributed by atoms with van der Waals surface area (Å²) in [6.07, 6.45) is 0. The number of nitrogens with two attached hydrogens (primary N) is 1. The van der Waals surface area contributed by atoms with Crippen LogP contribution in [-0.2, 0) is 0 Å². The molecule has 1 atom stereocenters. The van der Waals surface area contributed by atoms with Gasteiger partial charge in [-0.15, -0.1) is 0 Å². The Morgan fingerprint density at radius 1 is 1.21 bits per heavy atom. The van der Waals surface area contributed by atoms with Crippen LogP contribution in [0.4, 0.5) is 4.39 Å². The Morgan fingerprint density at radius 3 is 2.58 bits per heavy atom. The van der Waals surface area contributed by atoms with Crippen LogP contribution in [0, 0.1) is 12.7 Å². The molecule has 100 valence electrons. The van der Waals surface area contributed by atoms with Gasteiger partial charge in [0.1, 0.15) is 11.6 Å². The molecule has 0 radical (unpaired) electrons. The fourth-order valence-electron chi connectivity index (χ4n) is 1.96. The molecule has 0 saturated carbocycles. The Balaban J connectivity index is 2.41. The Bertz CT molecular complexity index is 601. The van der Waals surface area contributed by atoms with E-state index >= 15 is 0 Å². The second-order valence-corrected chi connectivity index (χ2v) is 4.80. The SMILES string of the molecule is COc1ccc(C(N)c2cc(C)ccc2F)cc1Cl. The van der Waals surface area contributed by atoms with Crippen LogP contribution >= 0.6 is 11.6 Å². The standard InChI is InChI=1S/C15H15ClFNO/c1-9-3-5-13(17)11(7-9)15(18)10-4-6-14(19-2)12(16)8-10/h3-8,15H,18H2,1-2H3. The summed E-state index contributed by atoms with van der Waals surface area (Å²) in [5, 5.41) is 0.462. The lowest BCUT2D eigenvalue weighted by Crippen LogP contribution is -2.14. The van der Waals surface area contributed by atoms with Crippen molar-refractivity contribution in [1.82, 2.24) is 0 Å². The normalized spacial score (nSPS) is 12.3. The van der Waals surface area contributed by atoms with Gasteiger partial charge < -0.3 is 10.5 Å². The fourth-order valence-corrected chi connectivity index (χ4v) is 2.22. The van der Waals surface area contributed by atoms with Crippen molar-refractivity contribution < 1.29 is 9.13 Å². The average molecular weight is 280 g/mol. The molecule has 0 spiro atoms. The first kappa shape index (κ1) is 13.8. The average Bonchev–Trinajstić information content (AvgIpc) is 2.40. The molecule has 19 heavy (non-hydrogen) atoms. The molecule has 2 nitrogen and oxygen atoms in total. The third kappa shape index (κ3) is 2.88. The first-order valence-electron chi connectivity index (χ1n) is 5.88. The van der Waals surface area contributed by atoms with Gasteiger partial charge in [-0.1, -0.05) is 35.4 Å². The van der Waals surface area contributed by atoms with Crippen LogP contribution in [0.15, 0.2) is 36.4 Å². The molecule has 0 aliphatic heterocycles. The van der Waals surface area contributed by atoms with Crippen molar-refractivity contribution in [3.05, 3.63) is 63.9 Å². The Hall–Kier alpha value is -1.58. The molecule has 2 aromatic carbocycles. The Labute approximate surface area is 117 Å². The van der Waals surface area contributed by atoms with Crippen LogP contribution in [0.3, 0.4) is 0 Å². The molecule has 1 unspecified atom stereocenters. The molecule has 0 heterocycles. The van der Waals surface area contributed by atoms with E-state index < -0.39 is 6.04 Å². The van der Waals surface area contributed by atoms with Gasteiger partial charge in [0.15, 0.2) is 0 Å². The molecule has 2 aromatic rings. The minimum Gasteiger partial charge on any atom is -0.495 e. The summed E-state index contributed by atoms with van der Waals surface area (Å²) in [7, 11) is 1.54. The number of hydrogen-bond donors (Lipinski definition) is 1. The molecule has 4 heteroatoms. The zero-order chi connectivity index (χ0) is 14.0. The van der Waals surface area contributed by atoms with Gasteiger partial charge >= 0.3 is 0 Å². The van der Waals surface area contributed by atoms with Crippen LogP contribution in [-0.4, -0.2) is 7.11 Å². The largest absolute Gasteiger partial charge is 0.495 e. The van der Waals surface area contributed by atoms with E-state index in [1.54, 1.807) is 37.4 Å². The number of hydrogen-bond acceptors (Lipinski definition) is 2. The van der Waals surface area contributed by atoms with Crippen LogP contribution in [0.5, 0.6) is 5.75 Å². The van der Waals surface area contributed by atoms with Gasteiger partial charge in [0.2, 0.25) is 0 Å².